The van der Waals surface area contributed by atoms with Crippen LogP contribution in [0.2, 0.25) is 0 Å². The van der Waals surface area contributed by atoms with E-state index < -0.39 is 53.2 Å². The van der Waals surface area contributed by atoms with E-state index in [9.17, 15) is 74.6 Å². The first-order chi connectivity index (χ1) is 13.4. The van der Waals surface area contributed by atoms with E-state index in [0.29, 0.717) is 12.1 Å². The predicted octanol–water partition coefficient (Wildman–Crippen LogP) is 6.95. The highest BCUT2D eigenvalue weighted by Crippen LogP contribution is 2.64. The van der Waals surface area contributed by atoms with Crippen molar-refractivity contribution in [3.05, 3.63) is 35.9 Å². The molecule has 1 rings (SSSR count). The molecule has 0 spiro atoms. The van der Waals surface area contributed by atoms with Gasteiger partial charge in [0, 0.05) is 5.56 Å². The minimum Gasteiger partial charge on any atom is -0.194 e. The van der Waals surface area contributed by atoms with Crippen LogP contribution in [0.4, 0.5) is 74.6 Å². The van der Waals surface area contributed by atoms with Crippen molar-refractivity contribution in [2.75, 3.05) is 0 Å². The number of hydrogen-bond donors (Lipinski definition) is 0. The third-order valence-electron chi connectivity index (χ3n) is 3.77. The minimum absolute atomic E-state index is 0.160. The van der Waals surface area contributed by atoms with Crippen LogP contribution in [-0.2, 0) is 5.92 Å². The van der Waals surface area contributed by atoms with Crippen molar-refractivity contribution in [1.82, 2.24) is 0 Å². The molecule has 0 aliphatic heterocycles. The summed E-state index contributed by atoms with van der Waals surface area (Å²) in [7, 11) is 0. The van der Waals surface area contributed by atoms with Crippen molar-refractivity contribution in [3.8, 4) is 0 Å². The molecule has 0 saturated carbocycles. The van der Waals surface area contributed by atoms with E-state index in [1.54, 1.807) is 0 Å². The Morgan fingerprint density at radius 2 is 0.806 bits per heavy atom. The van der Waals surface area contributed by atoms with Crippen LogP contribution in [-0.4, -0.2) is 41.7 Å². The lowest BCUT2D eigenvalue weighted by molar-refractivity contribution is -0.462. The van der Waals surface area contributed by atoms with Crippen LogP contribution in [0, 0.1) is 6.07 Å². The second-order valence-electron chi connectivity index (χ2n) is 5.79. The van der Waals surface area contributed by atoms with Crippen LogP contribution < -0.4 is 0 Å². The summed E-state index contributed by atoms with van der Waals surface area (Å²) >= 11 is 0. The Labute approximate surface area is 159 Å². The number of hydrogen-bond acceptors (Lipinski definition) is 0. The topological polar surface area (TPSA) is 0 Å². The molecule has 31 heavy (non-hydrogen) atoms. The maximum absolute atomic E-state index is 13.7. The Balaban J connectivity index is 3.69. The highest BCUT2D eigenvalue weighted by molar-refractivity contribution is 5.25. The first-order valence-corrected chi connectivity index (χ1v) is 7.04. The van der Waals surface area contributed by atoms with Gasteiger partial charge in [0.05, 0.1) is 0 Å². The molecule has 0 aliphatic rings. The summed E-state index contributed by atoms with van der Waals surface area (Å²) in [5.74, 6) is -56.5. The van der Waals surface area contributed by atoms with E-state index >= 15 is 0 Å². The molecule has 1 radical (unpaired) electrons. The van der Waals surface area contributed by atoms with Crippen LogP contribution in [0.3, 0.4) is 0 Å². The van der Waals surface area contributed by atoms with Gasteiger partial charge >= 0.3 is 47.6 Å². The molecule has 0 amide bonds. The number of rotatable bonds is 7. The van der Waals surface area contributed by atoms with Crippen molar-refractivity contribution in [2.45, 2.75) is 47.6 Å². The van der Waals surface area contributed by atoms with Crippen LogP contribution in [0.1, 0.15) is 5.56 Å². The third kappa shape index (κ3) is 3.37. The number of benzene rings is 1. The normalized spacial score (nSPS) is 15.9. The standard InChI is InChI=1S/C14H4F17/c15-7(16,6-4-2-1-3-5-6)8(17,18)9(19,20)10(21,22)11(23,24)12(25,26)13(27,28)14(29,30)31/h1-4H. The molecule has 0 heterocycles. The zero-order chi connectivity index (χ0) is 25.1. The van der Waals surface area contributed by atoms with Crippen molar-refractivity contribution < 1.29 is 74.6 Å². The van der Waals surface area contributed by atoms with Gasteiger partial charge in [0.1, 0.15) is 0 Å². The molecule has 0 nitrogen and oxygen atoms in total. The van der Waals surface area contributed by atoms with Gasteiger partial charge in [0.15, 0.2) is 0 Å². The number of halogens is 17. The van der Waals surface area contributed by atoms with Gasteiger partial charge in [-0.1, -0.05) is 24.3 Å². The molecule has 17 heteroatoms. The minimum atomic E-state index is -8.62. The molecule has 0 N–H and O–H groups in total. The summed E-state index contributed by atoms with van der Waals surface area (Å²) < 4.78 is 222. The molecule has 0 unspecified atom stereocenters. The van der Waals surface area contributed by atoms with Gasteiger partial charge in [-0.25, -0.2) is 0 Å². The lowest BCUT2D eigenvalue weighted by Gasteiger charge is -2.42. The summed E-state index contributed by atoms with van der Waals surface area (Å²) in [6, 6.07) is 2.46. The third-order valence-corrected chi connectivity index (χ3v) is 3.77. The highest BCUT2D eigenvalue weighted by Gasteiger charge is 2.95. The monoisotopic (exact) mass is 495 g/mol. The molecule has 0 fully saturated rings. The first-order valence-electron chi connectivity index (χ1n) is 7.04. The van der Waals surface area contributed by atoms with Crippen LogP contribution in [0.25, 0.3) is 0 Å². The van der Waals surface area contributed by atoms with Gasteiger partial charge in [-0.2, -0.15) is 74.6 Å². The van der Waals surface area contributed by atoms with Crippen molar-refractivity contribution >= 4 is 0 Å². The highest BCUT2D eigenvalue weighted by atomic mass is 19.4. The second-order valence-corrected chi connectivity index (χ2v) is 5.79. The average Bonchev–Trinajstić information content (AvgIpc) is 2.60. The van der Waals surface area contributed by atoms with E-state index in [4.69, 9.17) is 0 Å². The largest absolute Gasteiger partial charge is 0.460 e. The van der Waals surface area contributed by atoms with Gasteiger partial charge in [-0.05, 0) is 6.07 Å². The zero-order valence-electron chi connectivity index (χ0n) is 13.7. The summed E-state index contributed by atoms with van der Waals surface area (Å²) in [5, 5.41) is 0. The first kappa shape index (κ1) is 27.1. The Morgan fingerprint density at radius 3 is 1.13 bits per heavy atom. The maximum Gasteiger partial charge on any atom is 0.460 e. The fourth-order valence-corrected chi connectivity index (χ4v) is 1.92. The SMILES string of the molecule is FC(F)(F)C(F)(F)C(F)(F)C(F)(F)C(F)(F)C(F)(F)C(F)(F)C(F)(F)c1[c]cccc1. The molecule has 0 bridgehead atoms. The molecule has 179 valence electrons. The van der Waals surface area contributed by atoms with Crippen LogP contribution in [0.15, 0.2) is 24.3 Å². The Kier molecular flexibility index (Phi) is 6.12. The van der Waals surface area contributed by atoms with Crippen molar-refractivity contribution in [1.29, 1.82) is 0 Å². The summed E-state index contributed by atoms with van der Waals surface area (Å²) in [6.45, 7) is 0. The fourth-order valence-electron chi connectivity index (χ4n) is 1.92. The van der Waals surface area contributed by atoms with Gasteiger partial charge in [-0.3, -0.25) is 0 Å². The van der Waals surface area contributed by atoms with E-state index in [1.807, 2.05) is 0 Å². The van der Waals surface area contributed by atoms with E-state index in [1.165, 1.54) is 0 Å². The van der Waals surface area contributed by atoms with Crippen LogP contribution in [0.5, 0.6) is 0 Å². The number of alkyl halides is 17. The molecule has 1 aromatic carbocycles. The second kappa shape index (κ2) is 7.02. The summed E-state index contributed by atoms with van der Waals surface area (Å²) in [4.78, 5) is 0. The summed E-state index contributed by atoms with van der Waals surface area (Å²) in [5.41, 5.74) is -2.36. The van der Waals surface area contributed by atoms with E-state index in [0.717, 1.165) is 12.1 Å². The zero-order valence-corrected chi connectivity index (χ0v) is 13.7. The van der Waals surface area contributed by atoms with Crippen molar-refractivity contribution in [3.63, 3.8) is 0 Å². The van der Waals surface area contributed by atoms with E-state index in [2.05, 4.69) is 0 Å². The van der Waals surface area contributed by atoms with Crippen molar-refractivity contribution in [2.24, 2.45) is 0 Å². The average molecular weight is 495 g/mol. The molecule has 0 atom stereocenters. The quantitative estimate of drug-likeness (QED) is 0.359. The van der Waals surface area contributed by atoms with Gasteiger partial charge < -0.3 is 0 Å². The molecular formula is C14H4F17. The van der Waals surface area contributed by atoms with Gasteiger partial charge in [-0.15, -0.1) is 0 Å². The molecule has 1 aromatic rings. The smallest absolute Gasteiger partial charge is 0.194 e. The van der Waals surface area contributed by atoms with Crippen LogP contribution >= 0.6 is 0 Å². The van der Waals surface area contributed by atoms with E-state index in [-0.39, 0.29) is 6.07 Å². The molecular weight excluding hydrogens is 491 g/mol. The Bertz CT molecular complexity index is 774. The Morgan fingerprint density at radius 1 is 0.452 bits per heavy atom. The summed E-state index contributed by atoms with van der Waals surface area (Å²) in [6.07, 6.45) is -7.77. The molecule has 0 aromatic heterocycles. The lowest BCUT2D eigenvalue weighted by atomic mass is 9.87. The molecule has 0 aliphatic carbocycles. The maximum atomic E-state index is 13.7. The molecule has 0 saturated heterocycles. The Hall–Kier alpha value is -1.97. The fraction of sp³-hybridized carbons (Fsp3) is 0.571. The van der Waals surface area contributed by atoms with Gasteiger partial charge in [0.25, 0.3) is 0 Å². The van der Waals surface area contributed by atoms with Gasteiger partial charge in [0.2, 0.25) is 0 Å². The lowest BCUT2D eigenvalue weighted by Crippen LogP contribution is -2.74. The predicted molar refractivity (Wildman–Crippen MR) is 64.9 cm³/mol.